The maximum absolute atomic E-state index is 5.52. The topological polar surface area (TPSA) is 80.0 Å². The minimum Gasteiger partial charge on any atom is -0.366 e. The first-order valence-electron chi connectivity index (χ1n) is 6.08. The van der Waals surface area contributed by atoms with Gasteiger partial charge in [0.1, 0.15) is 17.5 Å². The van der Waals surface area contributed by atoms with Gasteiger partial charge in [0.15, 0.2) is 0 Å². The molecule has 0 aliphatic carbocycles. The van der Waals surface area contributed by atoms with Crippen molar-refractivity contribution in [1.29, 1.82) is 0 Å². The first-order chi connectivity index (χ1) is 9.20. The molecule has 100 valence electrons. The third kappa shape index (κ3) is 3.38. The Morgan fingerprint density at radius 1 is 1.21 bits per heavy atom. The highest BCUT2D eigenvalue weighted by molar-refractivity contribution is 5.47. The molecule has 0 atom stereocenters. The third-order valence-corrected chi connectivity index (χ3v) is 2.64. The predicted octanol–water partition coefficient (Wildman–Crippen LogP) is 1.01. The molecular weight excluding hydrogens is 240 g/mol. The fraction of sp³-hybridized carbons (Fsp3) is 0.308. The Kier molecular flexibility index (Phi) is 4.25. The Hall–Kier alpha value is -2.21. The number of nitrogens with one attached hydrogen (secondary N) is 1. The molecule has 6 nitrogen and oxygen atoms in total. The number of anilines is 2. The second-order valence-electron chi connectivity index (χ2n) is 4.30. The van der Waals surface area contributed by atoms with Gasteiger partial charge in [-0.2, -0.15) is 0 Å². The van der Waals surface area contributed by atoms with Gasteiger partial charge in [-0.05, 0) is 12.1 Å². The molecule has 0 saturated carbocycles. The summed E-state index contributed by atoms with van der Waals surface area (Å²) in [5.74, 6) is 2.34. The molecule has 0 aliphatic heterocycles. The molecule has 0 fully saturated rings. The third-order valence-electron chi connectivity index (χ3n) is 2.64. The summed E-state index contributed by atoms with van der Waals surface area (Å²) in [5, 5.41) is 3.26. The van der Waals surface area contributed by atoms with Gasteiger partial charge in [0, 0.05) is 38.6 Å². The highest BCUT2D eigenvalue weighted by Crippen LogP contribution is 2.15. The van der Waals surface area contributed by atoms with Crippen molar-refractivity contribution in [2.24, 2.45) is 5.73 Å². The number of nitrogens with zero attached hydrogens (tertiary/aromatic N) is 4. The summed E-state index contributed by atoms with van der Waals surface area (Å²) >= 11 is 0. The van der Waals surface area contributed by atoms with Gasteiger partial charge in [-0.15, -0.1) is 0 Å². The Balaban J connectivity index is 2.10. The Bertz CT molecular complexity index is 540. The number of hydrogen-bond donors (Lipinski definition) is 2. The molecule has 19 heavy (non-hydrogen) atoms. The summed E-state index contributed by atoms with van der Waals surface area (Å²) in [7, 11) is 3.95. The van der Waals surface area contributed by atoms with Crippen LogP contribution in [0.4, 0.5) is 11.6 Å². The smallest absolute Gasteiger partial charge is 0.144 e. The van der Waals surface area contributed by atoms with Crippen molar-refractivity contribution < 1.29 is 0 Å². The fourth-order valence-corrected chi connectivity index (χ4v) is 1.75. The van der Waals surface area contributed by atoms with Crippen LogP contribution < -0.4 is 16.0 Å². The van der Waals surface area contributed by atoms with Crippen LogP contribution in [0.1, 0.15) is 11.4 Å². The van der Waals surface area contributed by atoms with E-state index in [1.807, 2.05) is 37.2 Å². The van der Waals surface area contributed by atoms with E-state index in [9.17, 15) is 0 Å². The molecule has 0 spiro atoms. The van der Waals surface area contributed by atoms with Crippen molar-refractivity contribution in [3.05, 3.63) is 42.0 Å². The van der Waals surface area contributed by atoms with Gasteiger partial charge in [-0.1, -0.05) is 6.07 Å². The van der Waals surface area contributed by atoms with Crippen molar-refractivity contribution in [1.82, 2.24) is 15.0 Å². The maximum Gasteiger partial charge on any atom is 0.144 e. The zero-order valence-electron chi connectivity index (χ0n) is 11.2. The standard InChI is InChI=1S/C13H18N6/c1-19(2)13-10(4-3-6-16-13)9-17-11-5-7-15-12(8-14)18-11/h3-7H,8-9,14H2,1-2H3,(H,15,17,18). The van der Waals surface area contributed by atoms with Gasteiger partial charge in [-0.3, -0.25) is 0 Å². The normalized spacial score (nSPS) is 10.3. The van der Waals surface area contributed by atoms with E-state index in [-0.39, 0.29) is 0 Å². The molecule has 2 heterocycles. The van der Waals surface area contributed by atoms with Crippen LogP contribution in [-0.2, 0) is 13.1 Å². The first-order valence-corrected chi connectivity index (χ1v) is 6.08. The van der Waals surface area contributed by atoms with Crippen LogP contribution in [0.3, 0.4) is 0 Å². The van der Waals surface area contributed by atoms with Crippen LogP contribution in [0.15, 0.2) is 30.6 Å². The van der Waals surface area contributed by atoms with Crippen LogP contribution >= 0.6 is 0 Å². The highest BCUT2D eigenvalue weighted by Gasteiger charge is 2.05. The zero-order chi connectivity index (χ0) is 13.7. The summed E-state index contributed by atoms with van der Waals surface area (Å²) in [6.45, 7) is 0.994. The summed E-state index contributed by atoms with van der Waals surface area (Å²) in [5.41, 5.74) is 6.63. The van der Waals surface area contributed by atoms with E-state index in [1.165, 1.54) is 0 Å². The second kappa shape index (κ2) is 6.10. The Labute approximate surface area is 112 Å². The number of hydrogen-bond acceptors (Lipinski definition) is 6. The van der Waals surface area contributed by atoms with E-state index in [0.29, 0.717) is 18.9 Å². The van der Waals surface area contributed by atoms with Crippen molar-refractivity contribution in [3.63, 3.8) is 0 Å². The molecule has 0 aliphatic rings. The lowest BCUT2D eigenvalue weighted by Gasteiger charge is -2.16. The van der Waals surface area contributed by atoms with E-state index in [1.54, 1.807) is 12.4 Å². The van der Waals surface area contributed by atoms with E-state index >= 15 is 0 Å². The fourth-order valence-electron chi connectivity index (χ4n) is 1.75. The zero-order valence-corrected chi connectivity index (χ0v) is 11.2. The van der Waals surface area contributed by atoms with E-state index in [4.69, 9.17) is 5.73 Å². The average molecular weight is 258 g/mol. The molecule has 0 bridgehead atoms. The largest absolute Gasteiger partial charge is 0.366 e. The number of nitrogens with two attached hydrogens (primary N) is 1. The molecule has 0 radical (unpaired) electrons. The summed E-state index contributed by atoms with van der Waals surface area (Å²) < 4.78 is 0. The number of pyridine rings is 1. The van der Waals surface area contributed by atoms with Gasteiger partial charge >= 0.3 is 0 Å². The van der Waals surface area contributed by atoms with E-state index in [2.05, 4.69) is 20.3 Å². The summed E-state index contributed by atoms with van der Waals surface area (Å²) in [6, 6.07) is 5.79. The minimum absolute atomic E-state index is 0.339. The quantitative estimate of drug-likeness (QED) is 0.833. The van der Waals surface area contributed by atoms with Crippen molar-refractivity contribution in [2.75, 3.05) is 24.3 Å². The van der Waals surface area contributed by atoms with Crippen molar-refractivity contribution in [2.45, 2.75) is 13.1 Å². The van der Waals surface area contributed by atoms with Gasteiger partial charge in [0.25, 0.3) is 0 Å². The van der Waals surface area contributed by atoms with Crippen molar-refractivity contribution in [3.8, 4) is 0 Å². The molecule has 2 rings (SSSR count). The summed E-state index contributed by atoms with van der Waals surface area (Å²) in [6.07, 6.45) is 3.49. The molecule has 2 aromatic heterocycles. The lowest BCUT2D eigenvalue weighted by Crippen LogP contribution is -2.15. The molecule has 0 unspecified atom stereocenters. The van der Waals surface area contributed by atoms with Crippen molar-refractivity contribution >= 4 is 11.6 Å². The van der Waals surface area contributed by atoms with Gasteiger partial charge in [-0.25, -0.2) is 15.0 Å². The SMILES string of the molecule is CN(C)c1ncccc1CNc1ccnc(CN)n1. The number of rotatable bonds is 5. The predicted molar refractivity (Wildman–Crippen MR) is 75.8 cm³/mol. The van der Waals surface area contributed by atoms with Crippen LogP contribution in [0, 0.1) is 0 Å². The van der Waals surface area contributed by atoms with E-state index < -0.39 is 0 Å². The Morgan fingerprint density at radius 3 is 2.79 bits per heavy atom. The lowest BCUT2D eigenvalue weighted by atomic mass is 10.2. The molecule has 6 heteroatoms. The molecule has 0 aromatic carbocycles. The van der Waals surface area contributed by atoms with E-state index in [0.717, 1.165) is 17.2 Å². The lowest BCUT2D eigenvalue weighted by molar-refractivity contribution is 0.903. The molecule has 2 aromatic rings. The summed E-state index contributed by atoms with van der Waals surface area (Å²) in [4.78, 5) is 14.7. The van der Waals surface area contributed by atoms with Crippen LogP contribution in [0.2, 0.25) is 0 Å². The molecule has 0 saturated heterocycles. The number of aromatic nitrogens is 3. The van der Waals surface area contributed by atoms with Gasteiger partial charge in [0.05, 0.1) is 6.54 Å². The van der Waals surface area contributed by atoms with Gasteiger partial charge < -0.3 is 16.0 Å². The Morgan fingerprint density at radius 2 is 2.05 bits per heavy atom. The van der Waals surface area contributed by atoms with Crippen LogP contribution in [0.25, 0.3) is 0 Å². The van der Waals surface area contributed by atoms with Gasteiger partial charge in [0.2, 0.25) is 0 Å². The van der Waals surface area contributed by atoms with Crippen LogP contribution in [0.5, 0.6) is 0 Å². The molecule has 3 N–H and O–H groups in total. The average Bonchev–Trinajstić information content (AvgIpc) is 2.45. The van der Waals surface area contributed by atoms with Crippen LogP contribution in [-0.4, -0.2) is 29.0 Å². The highest BCUT2D eigenvalue weighted by atomic mass is 15.1. The monoisotopic (exact) mass is 258 g/mol. The molecular formula is C13H18N6. The molecule has 0 amide bonds. The maximum atomic E-state index is 5.52. The second-order valence-corrected chi connectivity index (χ2v) is 4.30. The first kappa shape index (κ1) is 13.2. The minimum atomic E-state index is 0.339.